The van der Waals surface area contributed by atoms with Gasteiger partial charge in [0.25, 0.3) is 0 Å². The van der Waals surface area contributed by atoms with Crippen LogP contribution in [0, 0.1) is 5.92 Å². The average molecular weight is 220 g/mol. The molecule has 1 atom stereocenters. The average Bonchev–Trinajstić information content (AvgIpc) is 2.35. The number of carbonyl (C=O) groups is 1. The van der Waals surface area contributed by atoms with Crippen molar-refractivity contribution in [2.45, 2.75) is 33.1 Å². The summed E-state index contributed by atoms with van der Waals surface area (Å²) in [5, 5.41) is 0. The van der Waals surface area contributed by atoms with Crippen LogP contribution in [0.15, 0.2) is 24.3 Å². The van der Waals surface area contributed by atoms with Gasteiger partial charge in [0.2, 0.25) is 0 Å². The van der Waals surface area contributed by atoms with Crippen molar-refractivity contribution in [2.24, 2.45) is 5.92 Å². The quantitative estimate of drug-likeness (QED) is 0.683. The standard InChI is InChI=1S/C14H20O2/c1-4-11(2)5-10-14(15)12-6-8-13(16-3)9-7-12/h6-9,11H,4-5,10H2,1-3H3/t11-/m1/s1. The smallest absolute Gasteiger partial charge is 0.162 e. The number of rotatable bonds is 6. The zero-order chi connectivity index (χ0) is 12.0. The second-order valence-electron chi connectivity index (χ2n) is 4.20. The highest BCUT2D eigenvalue weighted by molar-refractivity contribution is 5.96. The largest absolute Gasteiger partial charge is 0.497 e. The van der Waals surface area contributed by atoms with Gasteiger partial charge in [-0.1, -0.05) is 20.3 Å². The van der Waals surface area contributed by atoms with Crippen molar-refractivity contribution in [1.29, 1.82) is 0 Å². The zero-order valence-electron chi connectivity index (χ0n) is 10.3. The van der Waals surface area contributed by atoms with Crippen LogP contribution in [0.2, 0.25) is 0 Å². The first-order chi connectivity index (χ1) is 7.67. The van der Waals surface area contributed by atoms with Crippen molar-refractivity contribution >= 4 is 5.78 Å². The number of carbonyl (C=O) groups excluding carboxylic acids is 1. The molecule has 0 aliphatic carbocycles. The van der Waals surface area contributed by atoms with Crippen molar-refractivity contribution in [2.75, 3.05) is 7.11 Å². The highest BCUT2D eigenvalue weighted by Gasteiger charge is 2.07. The maximum atomic E-state index is 11.8. The second-order valence-corrected chi connectivity index (χ2v) is 4.20. The van der Waals surface area contributed by atoms with E-state index in [1.165, 1.54) is 0 Å². The SMILES string of the molecule is CC[C@@H](C)CCC(=O)c1ccc(OC)cc1. The lowest BCUT2D eigenvalue weighted by Crippen LogP contribution is -2.02. The Balaban J connectivity index is 2.52. The second kappa shape index (κ2) is 6.31. The molecule has 1 rings (SSSR count). The van der Waals surface area contributed by atoms with E-state index < -0.39 is 0 Å². The van der Waals surface area contributed by atoms with E-state index in [1.54, 1.807) is 7.11 Å². The molecule has 0 bridgehead atoms. The van der Waals surface area contributed by atoms with Gasteiger partial charge in [-0.2, -0.15) is 0 Å². The Labute approximate surface area is 97.6 Å². The molecule has 2 nitrogen and oxygen atoms in total. The molecule has 88 valence electrons. The third-order valence-electron chi connectivity index (χ3n) is 2.97. The highest BCUT2D eigenvalue weighted by Crippen LogP contribution is 2.16. The fraction of sp³-hybridized carbons (Fsp3) is 0.500. The number of methoxy groups -OCH3 is 1. The minimum Gasteiger partial charge on any atom is -0.497 e. The predicted molar refractivity (Wildman–Crippen MR) is 66.0 cm³/mol. The normalized spacial score (nSPS) is 12.2. The maximum absolute atomic E-state index is 11.8. The Bertz CT molecular complexity index is 327. The van der Waals surface area contributed by atoms with E-state index in [-0.39, 0.29) is 5.78 Å². The number of ketones is 1. The maximum Gasteiger partial charge on any atom is 0.162 e. The van der Waals surface area contributed by atoms with Crippen molar-refractivity contribution in [3.05, 3.63) is 29.8 Å². The van der Waals surface area contributed by atoms with Gasteiger partial charge in [0, 0.05) is 12.0 Å². The number of ether oxygens (including phenoxy) is 1. The third-order valence-corrected chi connectivity index (χ3v) is 2.97. The molecule has 1 aromatic carbocycles. The monoisotopic (exact) mass is 220 g/mol. The Morgan fingerprint density at radius 2 is 1.94 bits per heavy atom. The lowest BCUT2D eigenvalue weighted by atomic mass is 9.98. The van der Waals surface area contributed by atoms with Crippen molar-refractivity contribution in [3.8, 4) is 5.75 Å². The van der Waals surface area contributed by atoms with Crippen molar-refractivity contribution in [1.82, 2.24) is 0 Å². The van der Waals surface area contributed by atoms with Crippen LogP contribution in [-0.2, 0) is 0 Å². The summed E-state index contributed by atoms with van der Waals surface area (Å²) in [6.07, 6.45) is 2.75. The molecule has 0 saturated carbocycles. The number of hydrogen-bond acceptors (Lipinski definition) is 2. The van der Waals surface area contributed by atoms with Gasteiger partial charge < -0.3 is 4.74 Å². The van der Waals surface area contributed by atoms with E-state index >= 15 is 0 Å². The first kappa shape index (κ1) is 12.8. The summed E-state index contributed by atoms with van der Waals surface area (Å²) in [4.78, 5) is 11.8. The highest BCUT2D eigenvalue weighted by atomic mass is 16.5. The van der Waals surface area contributed by atoms with E-state index in [2.05, 4.69) is 13.8 Å². The van der Waals surface area contributed by atoms with Gasteiger partial charge in [-0.3, -0.25) is 4.79 Å². The van der Waals surface area contributed by atoms with Gasteiger partial charge in [-0.05, 0) is 36.6 Å². The molecule has 0 fully saturated rings. The predicted octanol–water partition coefficient (Wildman–Crippen LogP) is 3.70. The molecule has 0 radical (unpaired) electrons. The summed E-state index contributed by atoms with van der Waals surface area (Å²) in [6.45, 7) is 4.34. The van der Waals surface area contributed by atoms with Gasteiger partial charge >= 0.3 is 0 Å². The lowest BCUT2D eigenvalue weighted by Gasteiger charge is -2.07. The molecule has 0 saturated heterocycles. The number of benzene rings is 1. The molecule has 0 aliphatic rings. The van der Waals surface area contributed by atoms with Crippen LogP contribution in [0.4, 0.5) is 0 Å². The minimum atomic E-state index is 0.225. The van der Waals surface area contributed by atoms with Crippen LogP contribution in [0.1, 0.15) is 43.5 Å². The number of Topliss-reactive ketones (excluding diaryl/α,β-unsaturated/α-hetero) is 1. The van der Waals surface area contributed by atoms with Gasteiger partial charge in [-0.25, -0.2) is 0 Å². The summed E-state index contributed by atoms with van der Waals surface area (Å²) in [7, 11) is 1.62. The molecule has 1 aromatic rings. The van der Waals surface area contributed by atoms with E-state index in [9.17, 15) is 4.79 Å². The van der Waals surface area contributed by atoms with Crippen molar-refractivity contribution < 1.29 is 9.53 Å². The van der Waals surface area contributed by atoms with E-state index in [0.717, 1.165) is 24.2 Å². The van der Waals surface area contributed by atoms with E-state index in [4.69, 9.17) is 4.74 Å². The molecule has 0 N–H and O–H groups in total. The topological polar surface area (TPSA) is 26.3 Å². The molecule has 0 heterocycles. The summed E-state index contributed by atoms with van der Waals surface area (Å²) in [5.41, 5.74) is 0.782. The Morgan fingerprint density at radius 3 is 2.44 bits per heavy atom. The van der Waals surface area contributed by atoms with Gasteiger partial charge in [0.05, 0.1) is 7.11 Å². The minimum absolute atomic E-state index is 0.225. The Morgan fingerprint density at radius 1 is 1.31 bits per heavy atom. The lowest BCUT2D eigenvalue weighted by molar-refractivity contribution is 0.0974. The van der Waals surface area contributed by atoms with Crippen LogP contribution in [0.25, 0.3) is 0 Å². The van der Waals surface area contributed by atoms with Gasteiger partial charge in [-0.15, -0.1) is 0 Å². The summed E-state index contributed by atoms with van der Waals surface area (Å²) >= 11 is 0. The summed E-state index contributed by atoms with van der Waals surface area (Å²) in [6, 6.07) is 7.32. The molecule has 0 unspecified atom stereocenters. The van der Waals surface area contributed by atoms with Crippen LogP contribution >= 0.6 is 0 Å². The molecule has 0 amide bonds. The molecule has 0 spiro atoms. The molecule has 2 heteroatoms. The fourth-order valence-corrected chi connectivity index (χ4v) is 1.50. The Hall–Kier alpha value is -1.31. The molecular weight excluding hydrogens is 200 g/mol. The van der Waals surface area contributed by atoms with Crippen molar-refractivity contribution in [3.63, 3.8) is 0 Å². The summed E-state index contributed by atoms with van der Waals surface area (Å²) < 4.78 is 5.05. The van der Waals surface area contributed by atoms with Crippen LogP contribution in [0.3, 0.4) is 0 Å². The third kappa shape index (κ3) is 3.69. The molecule has 16 heavy (non-hydrogen) atoms. The first-order valence-electron chi connectivity index (χ1n) is 5.84. The van der Waals surface area contributed by atoms with Gasteiger partial charge in [0.15, 0.2) is 5.78 Å². The van der Waals surface area contributed by atoms with Gasteiger partial charge in [0.1, 0.15) is 5.75 Å². The number of hydrogen-bond donors (Lipinski definition) is 0. The molecule has 0 aliphatic heterocycles. The van der Waals surface area contributed by atoms with Crippen LogP contribution < -0.4 is 4.74 Å². The van der Waals surface area contributed by atoms with Crippen LogP contribution in [-0.4, -0.2) is 12.9 Å². The first-order valence-corrected chi connectivity index (χ1v) is 5.84. The fourth-order valence-electron chi connectivity index (χ4n) is 1.50. The van der Waals surface area contributed by atoms with Crippen LogP contribution in [0.5, 0.6) is 5.75 Å². The molecular formula is C14H20O2. The molecule has 0 aromatic heterocycles. The van der Waals surface area contributed by atoms with E-state index in [0.29, 0.717) is 12.3 Å². The Kier molecular flexibility index (Phi) is 5.03. The zero-order valence-corrected chi connectivity index (χ0v) is 10.3. The summed E-state index contributed by atoms with van der Waals surface area (Å²) in [5.74, 6) is 1.64. The van der Waals surface area contributed by atoms with E-state index in [1.807, 2.05) is 24.3 Å².